The highest BCUT2D eigenvalue weighted by molar-refractivity contribution is 7.26. The van der Waals surface area contributed by atoms with Crippen LogP contribution in [0.5, 0.6) is 0 Å². The zero-order valence-electron chi connectivity index (χ0n) is 28.6. The van der Waals surface area contributed by atoms with Gasteiger partial charge in [-0.15, -0.1) is 11.3 Å². The predicted molar refractivity (Wildman–Crippen MR) is 220 cm³/mol. The van der Waals surface area contributed by atoms with Crippen molar-refractivity contribution in [2.75, 3.05) is 0 Å². The van der Waals surface area contributed by atoms with E-state index in [1.165, 1.54) is 53.0 Å². The summed E-state index contributed by atoms with van der Waals surface area (Å²) in [4.78, 5) is 15.6. The molecule has 1 atom stereocenters. The number of benzene rings is 7. The van der Waals surface area contributed by atoms with Crippen LogP contribution in [-0.4, -0.2) is 15.0 Å². The second kappa shape index (κ2) is 12.2. The summed E-state index contributed by atoms with van der Waals surface area (Å²) in [5.41, 5.74) is 6.51. The molecule has 0 bridgehead atoms. The molecule has 7 aromatic carbocycles. The molecule has 10 rings (SSSR count). The van der Waals surface area contributed by atoms with Crippen LogP contribution in [0, 0.1) is 0 Å². The van der Waals surface area contributed by atoms with Gasteiger partial charge in [0.15, 0.2) is 17.5 Å². The minimum atomic E-state index is -0.171. The number of hydrogen-bond acceptors (Lipinski definition) is 4. The first-order valence-corrected chi connectivity index (χ1v) is 18.6. The van der Waals surface area contributed by atoms with Crippen molar-refractivity contribution in [1.82, 2.24) is 15.0 Å². The van der Waals surface area contributed by atoms with E-state index < -0.39 is 0 Å². The third kappa shape index (κ3) is 5.31. The second-order valence-electron chi connectivity index (χ2n) is 13.9. The van der Waals surface area contributed by atoms with E-state index >= 15 is 0 Å². The highest BCUT2D eigenvalue weighted by Gasteiger charge is 2.27. The van der Waals surface area contributed by atoms with Crippen LogP contribution in [0.1, 0.15) is 24.7 Å². The fraction of sp³-hybridized carbons (Fsp3) is 0.0625. The summed E-state index contributed by atoms with van der Waals surface area (Å²) < 4.78 is 2.45. The average Bonchev–Trinajstić information content (AvgIpc) is 3.59. The Bertz CT molecular complexity index is 2900. The van der Waals surface area contributed by atoms with E-state index in [9.17, 15) is 0 Å². The molecule has 0 radical (unpaired) electrons. The SMILES string of the molecule is CC1(c2ccccc2)C=C(c2nc(-c3ccc4cc(-c5ccc6ccccc6c5)ccc4c3)nc(-c3cccc4c3sc3ccccc34)n2)C=CC1. The van der Waals surface area contributed by atoms with Crippen molar-refractivity contribution in [2.24, 2.45) is 0 Å². The Labute approximate surface area is 306 Å². The Hall–Kier alpha value is -6.23. The van der Waals surface area contributed by atoms with Gasteiger partial charge in [-0.3, -0.25) is 0 Å². The fourth-order valence-electron chi connectivity index (χ4n) is 7.65. The van der Waals surface area contributed by atoms with E-state index in [0.717, 1.165) is 28.5 Å². The molecule has 4 heteroatoms. The Kier molecular flexibility index (Phi) is 7.19. The maximum absolute atomic E-state index is 5.23. The molecule has 1 aliphatic carbocycles. The van der Waals surface area contributed by atoms with Crippen molar-refractivity contribution in [2.45, 2.75) is 18.8 Å². The summed E-state index contributed by atoms with van der Waals surface area (Å²) in [6, 6.07) is 54.2. The molecule has 0 saturated carbocycles. The van der Waals surface area contributed by atoms with Crippen molar-refractivity contribution in [1.29, 1.82) is 0 Å². The van der Waals surface area contributed by atoms with Crippen LogP contribution < -0.4 is 0 Å². The maximum Gasteiger partial charge on any atom is 0.165 e. The second-order valence-corrected chi connectivity index (χ2v) is 15.0. The van der Waals surface area contributed by atoms with Crippen LogP contribution >= 0.6 is 11.3 Å². The first kappa shape index (κ1) is 30.6. The van der Waals surface area contributed by atoms with Crippen molar-refractivity contribution >= 4 is 58.6 Å². The molecule has 0 saturated heterocycles. The molecule has 52 heavy (non-hydrogen) atoms. The number of allylic oxidation sites excluding steroid dienone is 4. The zero-order chi connectivity index (χ0) is 34.6. The maximum atomic E-state index is 5.23. The van der Waals surface area contributed by atoms with Gasteiger partial charge in [-0.1, -0.05) is 146 Å². The Morgan fingerprint density at radius 3 is 1.96 bits per heavy atom. The number of thiophene rings is 1. The number of aromatic nitrogens is 3. The Morgan fingerprint density at radius 1 is 0.519 bits per heavy atom. The lowest BCUT2D eigenvalue weighted by atomic mass is 9.75. The van der Waals surface area contributed by atoms with Gasteiger partial charge in [-0.25, -0.2) is 15.0 Å². The van der Waals surface area contributed by atoms with Crippen molar-refractivity contribution in [3.8, 4) is 33.9 Å². The van der Waals surface area contributed by atoms with Crippen LogP contribution in [0.3, 0.4) is 0 Å². The molecule has 2 heterocycles. The molecule has 1 aliphatic rings. The monoisotopic (exact) mass is 683 g/mol. The van der Waals surface area contributed by atoms with Gasteiger partial charge in [0.1, 0.15) is 0 Å². The molecule has 0 amide bonds. The smallest absolute Gasteiger partial charge is 0.165 e. The van der Waals surface area contributed by atoms with Gasteiger partial charge in [0.2, 0.25) is 0 Å². The van der Waals surface area contributed by atoms with Gasteiger partial charge >= 0.3 is 0 Å². The lowest BCUT2D eigenvalue weighted by molar-refractivity contribution is 0.601. The molecule has 0 fully saturated rings. The minimum absolute atomic E-state index is 0.171. The molecule has 1 unspecified atom stereocenters. The van der Waals surface area contributed by atoms with Crippen LogP contribution in [-0.2, 0) is 5.41 Å². The molecule has 2 aromatic heterocycles. The standard InChI is InChI=1S/C48H33N3S/c1-48(39-14-3-2-4-15-39)26-10-13-38(30-48)46-49-45(50-47(51-46)42-18-9-17-41-40-16-7-8-19-43(40)52-44(41)42)37-25-24-35-28-34(22-23-36(35)29-37)33-21-20-31-11-5-6-12-32(31)27-33/h2-25,27-30H,26H2,1H3. The first-order chi connectivity index (χ1) is 25.6. The highest BCUT2D eigenvalue weighted by atomic mass is 32.1. The number of fused-ring (bicyclic) bond motifs is 5. The van der Waals surface area contributed by atoms with Gasteiger partial charge in [0.05, 0.1) is 0 Å². The summed E-state index contributed by atoms with van der Waals surface area (Å²) >= 11 is 1.80. The van der Waals surface area contributed by atoms with E-state index in [0.29, 0.717) is 17.5 Å². The Morgan fingerprint density at radius 2 is 1.13 bits per heavy atom. The molecule has 0 spiro atoms. The van der Waals surface area contributed by atoms with Gasteiger partial charge < -0.3 is 0 Å². The lowest BCUT2D eigenvalue weighted by Crippen LogP contribution is -2.21. The first-order valence-electron chi connectivity index (χ1n) is 17.7. The quantitative estimate of drug-likeness (QED) is 0.181. The summed E-state index contributed by atoms with van der Waals surface area (Å²) in [6.45, 7) is 2.29. The van der Waals surface area contributed by atoms with Crippen LogP contribution in [0.25, 0.3) is 81.2 Å². The van der Waals surface area contributed by atoms with Crippen LogP contribution in [0.15, 0.2) is 170 Å². The van der Waals surface area contributed by atoms with Crippen LogP contribution in [0.4, 0.5) is 0 Å². The molecule has 9 aromatic rings. The molecule has 246 valence electrons. The number of rotatable bonds is 5. The molecular formula is C48H33N3S. The largest absolute Gasteiger partial charge is 0.208 e. The van der Waals surface area contributed by atoms with Crippen molar-refractivity contribution in [3.63, 3.8) is 0 Å². The lowest BCUT2D eigenvalue weighted by Gasteiger charge is -2.29. The fourth-order valence-corrected chi connectivity index (χ4v) is 8.86. The van der Waals surface area contributed by atoms with E-state index in [4.69, 9.17) is 15.0 Å². The topological polar surface area (TPSA) is 38.7 Å². The van der Waals surface area contributed by atoms with E-state index in [1.54, 1.807) is 11.3 Å². The molecule has 0 N–H and O–H groups in total. The summed E-state index contributed by atoms with van der Waals surface area (Å²) in [5.74, 6) is 2.04. The molecule has 3 nitrogen and oxygen atoms in total. The van der Waals surface area contributed by atoms with E-state index in [1.807, 2.05) is 0 Å². The summed E-state index contributed by atoms with van der Waals surface area (Å²) in [7, 11) is 0. The van der Waals surface area contributed by atoms with Gasteiger partial charge in [-0.2, -0.15) is 0 Å². The third-order valence-corrected chi connectivity index (χ3v) is 11.7. The summed E-state index contributed by atoms with van der Waals surface area (Å²) in [5, 5.41) is 7.30. The zero-order valence-corrected chi connectivity index (χ0v) is 29.4. The van der Waals surface area contributed by atoms with Crippen LogP contribution in [0.2, 0.25) is 0 Å². The minimum Gasteiger partial charge on any atom is -0.208 e. The average molecular weight is 684 g/mol. The summed E-state index contributed by atoms with van der Waals surface area (Å²) in [6.07, 6.45) is 7.67. The normalized spacial score (nSPS) is 15.8. The number of hydrogen-bond donors (Lipinski definition) is 0. The predicted octanol–water partition coefficient (Wildman–Crippen LogP) is 12.8. The molecular weight excluding hydrogens is 651 g/mol. The van der Waals surface area contributed by atoms with Gasteiger partial charge in [0, 0.05) is 42.3 Å². The Balaban J connectivity index is 1.12. The van der Waals surface area contributed by atoms with Gasteiger partial charge in [0.25, 0.3) is 0 Å². The third-order valence-electron chi connectivity index (χ3n) is 10.5. The van der Waals surface area contributed by atoms with Crippen molar-refractivity contribution in [3.05, 3.63) is 181 Å². The molecule has 0 aliphatic heterocycles. The van der Waals surface area contributed by atoms with Crippen molar-refractivity contribution < 1.29 is 0 Å². The van der Waals surface area contributed by atoms with E-state index in [2.05, 4.69) is 177 Å². The van der Waals surface area contributed by atoms with Gasteiger partial charge in [-0.05, 0) is 75.0 Å². The highest BCUT2D eigenvalue weighted by Crippen LogP contribution is 2.41. The van der Waals surface area contributed by atoms with E-state index in [-0.39, 0.29) is 5.41 Å². The number of nitrogens with zero attached hydrogens (tertiary/aromatic N) is 3.